The molecule has 0 bridgehead atoms. The number of alkyl carbamates (subject to hydrolysis) is 1. The summed E-state index contributed by atoms with van der Waals surface area (Å²) in [6.07, 6.45) is -0.995. The van der Waals surface area contributed by atoms with Crippen LogP contribution in [0.4, 0.5) is 4.79 Å². The zero-order valence-electron chi connectivity index (χ0n) is 20.0. The van der Waals surface area contributed by atoms with Gasteiger partial charge in [-0.3, -0.25) is 8.98 Å². The van der Waals surface area contributed by atoms with Crippen molar-refractivity contribution < 1.29 is 31.4 Å². The van der Waals surface area contributed by atoms with Crippen molar-refractivity contribution in [3.63, 3.8) is 0 Å². The van der Waals surface area contributed by atoms with Crippen molar-refractivity contribution in [2.24, 2.45) is 11.0 Å². The summed E-state index contributed by atoms with van der Waals surface area (Å²) in [6, 6.07) is -1.08. The predicted molar refractivity (Wildman–Crippen MR) is 119 cm³/mol. The highest BCUT2D eigenvalue weighted by molar-refractivity contribution is 7.85. The largest absolute Gasteiger partial charge is 0.444 e. The SMILES string of the molecule is C[C@@H](C(=O)N=[N+]=[N-])C(O[Si](C)(C)C(C)(C)C)[C@@H](COS(C)(=O)=O)NC(=O)OC(C)(C)C. The maximum absolute atomic E-state index is 12.4. The van der Waals surface area contributed by atoms with Crippen molar-refractivity contribution in [3.05, 3.63) is 10.4 Å². The number of ether oxygens (including phenoxy) is 1. The fourth-order valence-electron chi connectivity index (χ4n) is 2.20. The number of hydrogen-bond donors (Lipinski definition) is 1. The molecule has 2 amide bonds. The molecule has 0 aromatic heterocycles. The Morgan fingerprint density at radius 1 is 1.16 bits per heavy atom. The van der Waals surface area contributed by atoms with Crippen molar-refractivity contribution in [1.82, 2.24) is 5.32 Å². The average molecular weight is 481 g/mol. The summed E-state index contributed by atoms with van der Waals surface area (Å²) in [4.78, 5) is 27.3. The molecule has 3 atom stereocenters. The van der Waals surface area contributed by atoms with Crippen LogP contribution in [0.5, 0.6) is 0 Å². The summed E-state index contributed by atoms with van der Waals surface area (Å²) in [5.74, 6) is -1.80. The van der Waals surface area contributed by atoms with E-state index >= 15 is 0 Å². The van der Waals surface area contributed by atoms with Crippen LogP contribution >= 0.6 is 0 Å². The van der Waals surface area contributed by atoms with E-state index in [1.807, 2.05) is 33.9 Å². The number of nitrogens with zero attached hydrogens (tertiary/aromatic N) is 3. The molecule has 0 aliphatic heterocycles. The number of rotatable bonds is 9. The summed E-state index contributed by atoms with van der Waals surface area (Å²) >= 11 is 0. The minimum absolute atomic E-state index is 0.263. The lowest BCUT2D eigenvalue weighted by Crippen LogP contribution is -2.57. The highest BCUT2D eigenvalue weighted by Crippen LogP contribution is 2.38. The van der Waals surface area contributed by atoms with Crippen LogP contribution in [0, 0.1) is 5.92 Å². The Morgan fingerprint density at radius 3 is 2.06 bits per heavy atom. The fraction of sp³-hybridized carbons (Fsp3) is 0.889. The summed E-state index contributed by atoms with van der Waals surface area (Å²) in [5, 5.41) is 5.44. The smallest absolute Gasteiger partial charge is 0.408 e. The molecule has 180 valence electrons. The van der Waals surface area contributed by atoms with Gasteiger partial charge in [0.15, 0.2) is 8.32 Å². The molecular weight excluding hydrogens is 444 g/mol. The van der Waals surface area contributed by atoms with E-state index in [0.29, 0.717) is 0 Å². The molecule has 0 spiro atoms. The zero-order chi connectivity index (χ0) is 24.8. The molecule has 1 unspecified atom stereocenters. The third-order valence-electron chi connectivity index (χ3n) is 4.82. The number of amides is 2. The van der Waals surface area contributed by atoms with Gasteiger partial charge in [-0.1, -0.05) is 27.7 Å². The first-order valence-corrected chi connectivity index (χ1v) is 14.5. The minimum atomic E-state index is -3.86. The number of carbonyl (C=O) groups is 2. The molecule has 0 aliphatic carbocycles. The van der Waals surface area contributed by atoms with Crippen LogP contribution in [0.3, 0.4) is 0 Å². The highest BCUT2D eigenvalue weighted by atomic mass is 32.2. The highest BCUT2D eigenvalue weighted by Gasteiger charge is 2.44. The average Bonchev–Trinajstić information content (AvgIpc) is 2.52. The van der Waals surface area contributed by atoms with Crippen molar-refractivity contribution in [2.45, 2.75) is 84.3 Å². The van der Waals surface area contributed by atoms with Crippen molar-refractivity contribution in [3.8, 4) is 0 Å². The quantitative estimate of drug-likeness (QED) is 0.173. The number of azide groups is 1. The maximum Gasteiger partial charge on any atom is 0.408 e. The second kappa shape index (κ2) is 10.8. The van der Waals surface area contributed by atoms with E-state index in [0.717, 1.165) is 6.26 Å². The van der Waals surface area contributed by atoms with Crippen LogP contribution in [0.1, 0.15) is 48.5 Å². The molecule has 0 rings (SSSR count). The Labute approximate surface area is 186 Å². The Bertz CT molecular complexity index is 797. The predicted octanol–water partition coefficient (Wildman–Crippen LogP) is 3.72. The van der Waals surface area contributed by atoms with Gasteiger partial charge >= 0.3 is 6.09 Å². The Hall–Kier alpha value is -1.66. The standard InChI is InChI=1S/C18H36N4O7SSi/c1-12(15(23)21-22-19)14(29-31(9,10)18(5,6)7)13(11-27-30(8,25)26)20-16(24)28-17(2,3)4/h12-14H,11H2,1-10H3,(H,20,24)/t12-,13-,14?/m1/s1. The van der Waals surface area contributed by atoms with E-state index in [2.05, 4.69) is 15.3 Å². The van der Waals surface area contributed by atoms with Crippen molar-refractivity contribution in [1.29, 1.82) is 0 Å². The fourth-order valence-corrected chi connectivity index (χ4v) is 4.00. The number of nitrogens with one attached hydrogen (secondary N) is 1. The molecule has 0 aromatic carbocycles. The summed E-state index contributed by atoms with van der Waals surface area (Å²) in [5.41, 5.74) is 7.85. The second-order valence-electron chi connectivity index (χ2n) is 9.90. The second-order valence-corrected chi connectivity index (χ2v) is 16.3. The van der Waals surface area contributed by atoms with Crippen LogP contribution in [-0.4, -0.2) is 59.3 Å². The monoisotopic (exact) mass is 480 g/mol. The summed E-state index contributed by atoms with van der Waals surface area (Å²) in [7, 11) is -6.37. The molecule has 11 nitrogen and oxygen atoms in total. The first-order valence-electron chi connectivity index (χ1n) is 9.81. The first-order chi connectivity index (χ1) is 13.7. The van der Waals surface area contributed by atoms with Crippen LogP contribution in [-0.2, 0) is 28.3 Å². The van der Waals surface area contributed by atoms with Gasteiger partial charge in [0, 0.05) is 10.8 Å². The van der Waals surface area contributed by atoms with Gasteiger partial charge in [-0.05, 0) is 49.5 Å². The Kier molecular flexibility index (Phi) is 10.2. The van der Waals surface area contributed by atoms with E-state index in [1.165, 1.54) is 6.92 Å². The third-order valence-corrected chi connectivity index (χ3v) is 9.86. The number of hydrogen-bond acceptors (Lipinski definition) is 7. The minimum Gasteiger partial charge on any atom is -0.444 e. The van der Waals surface area contributed by atoms with Gasteiger partial charge in [0.2, 0.25) is 5.91 Å². The van der Waals surface area contributed by atoms with Gasteiger partial charge in [-0.15, -0.1) is 0 Å². The normalized spacial score (nSPS) is 15.9. The molecule has 0 saturated carbocycles. The summed E-state index contributed by atoms with van der Waals surface area (Å²) in [6.45, 7) is 15.8. The topological polar surface area (TPSA) is 157 Å². The van der Waals surface area contributed by atoms with E-state index in [4.69, 9.17) is 18.9 Å². The third kappa shape index (κ3) is 11.0. The van der Waals surface area contributed by atoms with Crippen LogP contribution in [0.25, 0.3) is 10.4 Å². The maximum atomic E-state index is 12.4. The van der Waals surface area contributed by atoms with Crippen molar-refractivity contribution in [2.75, 3.05) is 12.9 Å². The molecular formula is C18H36N4O7SSi. The lowest BCUT2D eigenvalue weighted by Gasteiger charge is -2.42. The molecule has 0 saturated heterocycles. The Morgan fingerprint density at radius 2 is 1.68 bits per heavy atom. The van der Waals surface area contributed by atoms with E-state index < -0.39 is 60.7 Å². The van der Waals surface area contributed by atoms with Gasteiger partial charge in [-0.25, -0.2) is 4.79 Å². The van der Waals surface area contributed by atoms with Gasteiger partial charge in [0.1, 0.15) is 5.60 Å². The molecule has 31 heavy (non-hydrogen) atoms. The number of carbonyl (C=O) groups excluding carboxylic acids is 2. The molecule has 0 heterocycles. The van der Waals surface area contributed by atoms with E-state index in [1.54, 1.807) is 20.8 Å². The van der Waals surface area contributed by atoms with Crippen molar-refractivity contribution >= 4 is 30.4 Å². The lowest BCUT2D eigenvalue weighted by atomic mass is 9.98. The van der Waals surface area contributed by atoms with Gasteiger partial charge in [0.25, 0.3) is 10.1 Å². The summed E-state index contributed by atoms with van der Waals surface area (Å²) < 4.78 is 39.7. The molecule has 1 N–H and O–H groups in total. The van der Waals surface area contributed by atoms with Gasteiger partial charge in [0.05, 0.1) is 25.0 Å². The van der Waals surface area contributed by atoms with Gasteiger partial charge < -0.3 is 14.5 Å². The van der Waals surface area contributed by atoms with Crippen LogP contribution < -0.4 is 5.32 Å². The van der Waals surface area contributed by atoms with Crippen LogP contribution in [0.15, 0.2) is 5.11 Å². The molecule has 0 radical (unpaired) electrons. The molecule has 13 heteroatoms. The van der Waals surface area contributed by atoms with Crippen LogP contribution in [0.2, 0.25) is 18.1 Å². The zero-order valence-corrected chi connectivity index (χ0v) is 21.9. The van der Waals surface area contributed by atoms with E-state index in [-0.39, 0.29) is 5.04 Å². The molecule has 0 fully saturated rings. The molecule has 0 aromatic rings. The first kappa shape index (κ1) is 29.3. The van der Waals surface area contributed by atoms with E-state index in [9.17, 15) is 18.0 Å². The van der Waals surface area contributed by atoms with Gasteiger partial charge in [-0.2, -0.15) is 8.42 Å². The Balaban J connectivity index is 6.21. The lowest BCUT2D eigenvalue weighted by molar-refractivity contribution is -0.125. The molecule has 0 aliphatic rings.